The third kappa shape index (κ3) is 1.72. The molecular formula is C19H28O2. The molecule has 4 aliphatic carbocycles. The molecule has 116 valence electrons. The summed E-state index contributed by atoms with van der Waals surface area (Å²) in [4.78, 5) is 12.4. The van der Waals surface area contributed by atoms with Crippen molar-refractivity contribution >= 4 is 5.78 Å². The van der Waals surface area contributed by atoms with Crippen LogP contribution in [0.5, 0.6) is 0 Å². The van der Waals surface area contributed by atoms with Gasteiger partial charge in [0, 0.05) is 23.9 Å². The zero-order valence-electron chi connectivity index (χ0n) is 13.2. The van der Waals surface area contributed by atoms with Crippen molar-refractivity contribution in [1.82, 2.24) is 0 Å². The van der Waals surface area contributed by atoms with Crippen LogP contribution in [0.1, 0.15) is 58.3 Å². The SMILES string of the molecule is C[C@]12CC[C@H]3[C@@H](CC[C@H]4CC=CC[C@@]43CO)[C@@H]1CCC2=O. The molecule has 0 aromatic heterocycles. The minimum Gasteiger partial charge on any atom is -0.396 e. The molecule has 3 saturated carbocycles. The Hall–Kier alpha value is -0.630. The second-order valence-corrected chi connectivity index (χ2v) is 8.37. The number of carbonyl (C=O) groups is 1. The van der Waals surface area contributed by atoms with Gasteiger partial charge in [-0.05, 0) is 68.6 Å². The Balaban J connectivity index is 1.70. The van der Waals surface area contributed by atoms with E-state index in [9.17, 15) is 9.90 Å². The first-order valence-corrected chi connectivity index (χ1v) is 8.91. The molecule has 21 heavy (non-hydrogen) atoms. The fourth-order valence-electron chi connectivity index (χ4n) is 6.70. The molecule has 0 radical (unpaired) electrons. The topological polar surface area (TPSA) is 37.3 Å². The molecule has 0 heterocycles. The molecule has 0 saturated heterocycles. The van der Waals surface area contributed by atoms with Crippen molar-refractivity contribution in [2.75, 3.05) is 6.61 Å². The number of rotatable bonds is 1. The minimum absolute atomic E-state index is 0.0326. The van der Waals surface area contributed by atoms with Crippen LogP contribution in [-0.4, -0.2) is 17.5 Å². The summed E-state index contributed by atoms with van der Waals surface area (Å²) in [6.45, 7) is 2.59. The van der Waals surface area contributed by atoms with E-state index >= 15 is 0 Å². The van der Waals surface area contributed by atoms with E-state index in [-0.39, 0.29) is 10.8 Å². The van der Waals surface area contributed by atoms with Crippen molar-refractivity contribution in [2.45, 2.75) is 58.3 Å². The number of aliphatic hydroxyl groups is 1. The van der Waals surface area contributed by atoms with Crippen LogP contribution in [0.25, 0.3) is 0 Å². The molecule has 0 aliphatic heterocycles. The quantitative estimate of drug-likeness (QED) is 0.746. The predicted molar refractivity (Wildman–Crippen MR) is 82.7 cm³/mol. The van der Waals surface area contributed by atoms with Crippen LogP contribution < -0.4 is 0 Å². The maximum atomic E-state index is 12.4. The highest BCUT2D eigenvalue weighted by molar-refractivity contribution is 5.87. The van der Waals surface area contributed by atoms with E-state index in [4.69, 9.17) is 0 Å². The summed E-state index contributed by atoms with van der Waals surface area (Å²) in [6.07, 6.45) is 13.5. The summed E-state index contributed by atoms with van der Waals surface area (Å²) in [5, 5.41) is 10.3. The van der Waals surface area contributed by atoms with Gasteiger partial charge in [0.2, 0.25) is 0 Å². The van der Waals surface area contributed by atoms with Crippen LogP contribution >= 0.6 is 0 Å². The van der Waals surface area contributed by atoms with E-state index in [1.165, 1.54) is 12.8 Å². The third-order valence-electron chi connectivity index (χ3n) is 7.93. The molecule has 4 rings (SSSR count). The number of fused-ring (bicyclic) bond motifs is 5. The van der Waals surface area contributed by atoms with Crippen LogP contribution in [0.15, 0.2) is 12.2 Å². The Bertz CT molecular complexity index is 482. The molecule has 0 bridgehead atoms. The van der Waals surface area contributed by atoms with Gasteiger partial charge in [-0.1, -0.05) is 19.1 Å². The van der Waals surface area contributed by atoms with Gasteiger partial charge in [0.1, 0.15) is 5.78 Å². The molecule has 0 unspecified atom stereocenters. The van der Waals surface area contributed by atoms with Crippen LogP contribution in [0.3, 0.4) is 0 Å². The Labute approximate surface area is 128 Å². The average molecular weight is 288 g/mol. The second kappa shape index (κ2) is 4.68. The normalized spacial score (nSPS) is 52.2. The van der Waals surface area contributed by atoms with Gasteiger partial charge in [0.15, 0.2) is 0 Å². The average Bonchev–Trinajstić information content (AvgIpc) is 2.82. The van der Waals surface area contributed by atoms with Crippen LogP contribution in [-0.2, 0) is 4.79 Å². The van der Waals surface area contributed by atoms with Gasteiger partial charge in [0.05, 0.1) is 0 Å². The monoisotopic (exact) mass is 288 g/mol. The lowest BCUT2D eigenvalue weighted by atomic mass is 9.45. The molecule has 0 amide bonds. The first kappa shape index (κ1) is 14.0. The summed E-state index contributed by atoms with van der Waals surface area (Å²) in [5.74, 6) is 3.13. The Morgan fingerprint density at radius 3 is 2.86 bits per heavy atom. The van der Waals surface area contributed by atoms with Gasteiger partial charge in [-0.3, -0.25) is 4.79 Å². The lowest BCUT2D eigenvalue weighted by Gasteiger charge is -2.59. The van der Waals surface area contributed by atoms with E-state index in [0.717, 1.165) is 38.5 Å². The number of allylic oxidation sites excluding steroid dienone is 2. The number of hydrogen-bond donors (Lipinski definition) is 1. The summed E-state index contributed by atoms with van der Waals surface area (Å²) in [6, 6.07) is 0. The fraction of sp³-hybridized carbons (Fsp3) is 0.842. The van der Waals surface area contributed by atoms with Crippen molar-refractivity contribution in [1.29, 1.82) is 0 Å². The number of Topliss-reactive ketones (excluding diaryl/α,β-unsaturated/α-hetero) is 1. The number of ketones is 1. The van der Waals surface area contributed by atoms with Gasteiger partial charge in [-0.25, -0.2) is 0 Å². The Morgan fingerprint density at radius 2 is 2.05 bits per heavy atom. The molecule has 3 fully saturated rings. The van der Waals surface area contributed by atoms with E-state index in [2.05, 4.69) is 19.1 Å². The third-order valence-corrected chi connectivity index (χ3v) is 7.93. The molecule has 0 spiro atoms. The molecule has 2 heteroatoms. The van der Waals surface area contributed by atoms with Gasteiger partial charge in [0.25, 0.3) is 0 Å². The molecule has 0 aromatic carbocycles. The molecule has 1 N–H and O–H groups in total. The summed E-state index contributed by atoms with van der Waals surface area (Å²) < 4.78 is 0. The van der Waals surface area contributed by atoms with Crippen molar-refractivity contribution in [2.24, 2.45) is 34.5 Å². The van der Waals surface area contributed by atoms with Crippen molar-refractivity contribution in [3.8, 4) is 0 Å². The highest BCUT2D eigenvalue weighted by Crippen LogP contribution is 2.64. The van der Waals surface area contributed by atoms with Crippen molar-refractivity contribution in [3.05, 3.63) is 12.2 Å². The van der Waals surface area contributed by atoms with Crippen LogP contribution in [0.2, 0.25) is 0 Å². The van der Waals surface area contributed by atoms with Crippen LogP contribution in [0, 0.1) is 34.5 Å². The molecular weight excluding hydrogens is 260 g/mol. The van der Waals surface area contributed by atoms with Crippen molar-refractivity contribution < 1.29 is 9.90 Å². The highest BCUT2D eigenvalue weighted by atomic mass is 16.3. The lowest BCUT2D eigenvalue weighted by Crippen LogP contribution is -2.55. The first-order valence-electron chi connectivity index (χ1n) is 8.91. The summed E-state index contributed by atoms with van der Waals surface area (Å²) in [5.41, 5.74) is 0.0970. The number of aliphatic hydroxyl groups excluding tert-OH is 1. The summed E-state index contributed by atoms with van der Waals surface area (Å²) in [7, 11) is 0. The second-order valence-electron chi connectivity index (χ2n) is 8.37. The first-order chi connectivity index (χ1) is 10.1. The van der Waals surface area contributed by atoms with E-state index in [0.29, 0.717) is 36.1 Å². The molecule has 2 nitrogen and oxygen atoms in total. The lowest BCUT2D eigenvalue weighted by molar-refractivity contribution is -0.142. The highest BCUT2D eigenvalue weighted by Gasteiger charge is 2.60. The zero-order chi connectivity index (χ0) is 14.7. The maximum Gasteiger partial charge on any atom is 0.139 e. The van der Waals surface area contributed by atoms with E-state index in [1.807, 2.05) is 0 Å². The Morgan fingerprint density at radius 1 is 1.19 bits per heavy atom. The smallest absolute Gasteiger partial charge is 0.139 e. The van der Waals surface area contributed by atoms with E-state index in [1.54, 1.807) is 0 Å². The fourth-order valence-corrected chi connectivity index (χ4v) is 6.70. The molecule has 6 atom stereocenters. The number of carbonyl (C=O) groups excluding carboxylic acids is 1. The number of hydrogen-bond acceptors (Lipinski definition) is 2. The van der Waals surface area contributed by atoms with Crippen LogP contribution in [0.4, 0.5) is 0 Å². The molecule has 0 aromatic rings. The van der Waals surface area contributed by atoms with Gasteiger partial charge < -0.3 is 5.11 Å². The maximum absolute atomic E-state index is 12.4. The zero-order valence-corrected chi connectivity index (χ0v) is 13.2. The van der Waals surface area contributed by atoms with Gasteiger partial charge in [-0.2, -0.15) is 0 Å². The largest absolute Gasteiger partial charge is 0.396 e. The standard InChI is InChI=1S/C19H28O2/c1-18-11-9-16-14(15(18)7-8-17(18)21)6-5-13-4-2-3-10-19(13,16)12-20/h2-3,13-16,20H,4-12H2,1H3/t13-,14+,15+,16+,18+,19-/m1/s1. The van der Waals surface area contributed by atoms with Gasteiger partial charge >= 0.3 is 0 Å². The summed E-state index contributed by atoms with van der Waals surface area (Å²) >= 11 is 0. The predicted octanol–water partition coefficient (Wildman–Crippen LogP) is 3.74. The van der Waals surface area contributed by atoms with E-state index < -0.39 is 0 Å². The molecule has 4 aliphatic rings. The minimum atomic E-state index is -0.0326. The van der Waals surface area contributed by atoms with Crippen molar-refractivity contribution in [3.63, 3.8) is 0 Å². The Kier molecular flexibility index (Phi) is 3.12. The van der Waals surface area contributed by atoms with Gasteiger partial charge in [-0.15, -0.1) is 0 Å².